The maximum absolute atomic E-state index is 11.8. The maximum Gasteiger partial charge on any atom is 0.283 e. The van der Waals surface area contributed by atoms with Crippen molar-refractivity contribution in [3.63, 3.8) is 0 Å². The second kappa shape index (κ2) is 4.57. The quantitative estimate of drug-likeness (QED) is 0.922. The average Bonchev–Trinajstić information content (AvgIpc) is 2.97. The second-order valence-corrected chi connectivity index (χ2v) is 5.14. The Morgan fingerprint density at radius 1 is 1.69 bits per heavy atom. The third-order valence-electron chi connectivity index (χ3n) is 3.12. The molecule has 0 aromatic carbocycles. The van der Waals surface area contributed by atoms with E-state index < -0.39 is 0 Å². The van der Waals surface area contributed by atoms with E-state index >= 15 is 0 Å². The SMILES string of the molecule is CCn1ncc(NCC2CC2C)c(Br)c1=O. The van der Waals surface area contributed by atoms with E-state index in [1.54, 1.807) is 6.20 Å². The summed E-state index contributed by atoms with van der Waals surface area (Å²) in [6.45, 7) is 5.67. The molecule has 1 aromatic rings. The summed E-state index contributed by atoms with van der Waals surface area (Å²) in [5.74, 6) is 1.57. The lowest BCUT2D eigenvalue weighted by Crippen LogP contribution is -2.24. The summed E-state index contributed by atoms with van der Waals surface area (Å²) in [7, 11) is 0. The maximum atomic E-state index is 11.8. The summed E-state index contributed by atoms with van der Waals surface area (Å²) in [5.41, 5.74) is 0.727. The van der Waals surface area contributed by atoms with Crippen molar-refractivity contribution < 1.29 is 0 Å². The molecule has 0 amide bonds. The van der Waals surface area contributed by atoms with Gasteiger partial charge in [0.25, 0.3) is 5.56 Å². The Labute approximate surface area is 103 Å². The number of hydrogen-bond acceptors (Lipinski definition) is 3. The molecular weight excluding hydrogens is 270 g/mol. The van der Waals surface area contributed by atoms with Gasteiger partial charge in [-0.2, -0.15) is 5.10 Å². The molecule has 88 valence electrons. The predicted molar refractivity (Wildman–Crippen MR) is 67.6 cm³/mol. The van der Waals surface area contributed by atoms with Gasteiger partial charge in [-0.1, -0.05) is 6.92 Å². The number of nitrogens with one attached hydrogen (secondary N) is 1. The van der Waals surface area contributed by atoms with Crippen molar-refractivity contribution in [2.75, 3.05) is 11.9 Å². The van der Waals surface area contributed by atoms with E-state index in [1.807, 2.05) is 6.92 Å². The van der Waals surface area contributed by atoms with Gasteiger partial charge in [-0.25, -0.2) is 4.68 Å². The van der Waals surface area contributed by atoms with Crippen LogP contribution < -0.4 is 10.9 Å². The van der Waals surface area contributed by atoms with Gasteiger partial charge in [0, 0.05) is 13.1 Å². The number of anilines is 1. The highest BCUT2D eigenvalue weighted by Crippen LogP contribution is 2.37. The monoisotopic (exact) mass is 285 g/mol. The lowest BCUT2D eigenvalue weighted by Gasteiger charge is -2.08. The van der Waals surface area contributed by atoms with Crippen LogP contribution in [-0.4, -0.2) is 16.3 Å². The Hall–Kier alpha value is -0.840. The molecule has 1 aliphatic carbocycles. The van der Waals surface area contributed by atoms with Crippen LogP contribution >= 0.6 is 15.9 Å². The highest BCUT2D eigenvalue weighted by atomic mass is 79.9. The lowest BCUT2D eigenvalue weighted by molar-refractivity contribution is 0.612. The van der Waals surface area contributed by atoms with Crippen molar-refractivity contribution in [2.24, 2.45) is 11.8 Å². The Kier molecular flexibility index (Phi) is 3.33. The first-order valence-electron chi connectivity index (χ1n) is 5.63. The third kappa shape index (κ3) is 2.29. The van der Waals surface area contributed by atoms with Gasteiger partial charge in [-0.05, 0) is 41.1 Å². The van der Waals surface area contributed by atoms with Crippen LogP contribution in [0.4, 0.5) is 5.69 Å². The van der Waals surface area contributed by atoms with E-state index in [1.165, 1.54) is 11.1 Å². The minimum Gasteiger partial charge on any atom is -0.382 e. The first-order chi connectivity index (χ1) is 7.63. The van der Waals surface area contributed by atoms with Crippen molar-refractivity contribution in [3.8, 4) is 0 Å². The summed E-state index contributed by atoms with van der Waals surface area (Å²) in [5, 5.41) is 7.36. The third-order valence-corrected chi connectivity index (χ3v) is 3.88. The number of halogens is 1. The van der Waals surface area contributed by atoms with E-state index in [9.17, 15) is 4.79 Å². The zero-order valence-corrected chi connectivity index (χ0v) is 11.1. The first kappa shape index (κ1) is 11.6. The highest BCUT2D eigenvalue weighted by molar-refractivity contribution is 9.10. The molecule has 1 fully saturated rings. The zero-order chi connectivity index (χ0) is 11.7. The molecule has 2 unspecified atom stereocenters. The van der Waals surface area contributed by atoms with Crippen LogP contribution in [0.2, 0.25) is 0 Å². The molecule has 2 atom stereocenters. The highest BCUT2D eigenvalue weighted by Gasteiger charge is 2.32. The molecule has 0 saturated heterocycles. The fraction of sp³-hybridized carbons (Fsp3) is 0.636. The van der Waals surface area contributed by atoms with Gasteiger partial charge in [-0.3, -0.25) is 4.79 Å². The Bertz CT molecular complexity index is 443. The van der Waals surface area contributed by atoms with Crippen molar-refractivity contribution in [2.45, 2.75) is 26.8 Å². The summed E-state index contributed by atoms with van der Waals surface area (Å²) in [4.78, 5) is 11.8. The van der Waals surface area contributed by atoms with Gasteiger partial charge < -0.3 is 5.32 Å². The molecule has 5 heteroatoms. The normalized spacial score (nSPS) is 23.2. The molecule has 0 spiro atoms. The van der Waals surface area contributed by atoms with Gasteiger partial charge in [0.1, 0.15) is 4.47 Å². The number of aryl methyl sites for hydroxylation is 1. The molecule has 1 aromatic heterocycles. The van der Waals surface area contributed by atoms with Gasteiger partial charge in [-0.15, -0.1) is 0 Å². The van der Waals surface area contributed by atoms with Crippen LogP contribution in [0, 0.1) is 11.8 Å². The smallest absolute Gasteiger partial charge is 0.283 e. The average molecular weight is 286 g/mol. The summed E-state index contributed by atoms with van der Waals surface area (Å²) < 4.78 is 2.02. The molecule has 1 aliphatic rings. The zero-order valence-electron chi connectivity index (χ0n) is 9.53. The molecule has 0 aliphatic heterocycles. The summed E-state index contributed by atoms with van der Waals surface area (Å²) in [6, 6.07) is 0. The van der Waals surface area contributed by atoms with Crippen LogP contribution in [0.15, 0.2) is 15.5 Å². The van der Waals surface area contributed by atoms with Crippen LogP contribution in [0.25, 0.3) is 0 Å². The van der Waals surface area contributed by atoms with E-state index in [2.05, 4.69) is 33.3 Å². The van der Waals surface area contributed by atoms with E-state index in [-0.39, 0.29) is 5.56 Å². The van der Waals surface area contributed by atoms with E-state index in [0.717, 1.165) is 24.1 Å². The summed E-state index contributed by atoms with van der Waals surface area (Å²) >= 11 is 3.32. The molecule has 2 rings (SSSR count). The molecule has 1 saturated carbocycles. The summed E-state index contributed by atoms with van der Waals surface area (Å²) in [6.07, 6.45) is 2.99. The Balaban J connectivity index is 2.09. The Morgan fingerprint density at radius 2 is 2.38 bits per heavy atom. The van der Waals surface area contributed by atoms with Crippen molar-refractivity contribution in [1.29, 1.82) is 0 Å². The van der Waals surface area contributed by atoms with Crippen LogP contribution in [0.3, 0.4) is 0 Å². The molecule has 1 heterocycles. The largest absolute Gasteiger partial charge is 0.382 e. The molecule has 0 bridgehead atoms. The van der Waals surface area contributed by atoms with Gasteiger partial charge >= 0.3 is 0 Å². The minimum absolute atomic E-state index is 0.0728. The van der Waals surface area contributed by atoms with Gasteiger partial charge in [0.2, 0.25) is 0 Å². The fourth-order valence-corrected chi connectivity index (χ4v) is 2.19. The molecule has 1 N–H and O–H groups in total. The standard InChI is InChI=1S/C11H16BrN3O/c1-3-15-11(16)10(12)9(6-14-15)13-5-8-4-7(8)2/h6-8,13H,3-5H2,1-2H3. The topological polar surface area (TPSA) is 46.9 Å². The Morgan fingerprint density at radius 3 is 2.94 bits per heavy atom. The fourth-order valence-electron chi connectivity index (χ4n) is 1.74. The predicted octanol–water partition coefficient (Wildman–Crippen LogP) is 2.09. The van der Waals surface area contributed by atoms with Crippen molar-refractivity contribution >= 4 is 21.6 Å². The van der Waals surface area contributed by atoms with Crippen molar-refractivity contribution in [3.05, 3.63) is 21.0 Å². The number of hydrogen-bond donors (Lipinski definition) is 1. The van der Waals surface area contributed by atoms with Crippen LogP contribution in [0.1, 0.15) is 20.3 Å². The molecular formula is C11H16BrN3O. The number of rotatable bonds is 4. The van der Waals surface area contributed by atoms with Crippen LogP contribution in [0.5, 0.6) is 0 Å². The lowest BCUT2D eigenvalue weighted by atomic mass is 10.3. The number of nitrogens with zero attached hydrogens (tertiary/aromatic N) is 2. The van der Waals surface area contributed by atoms with Crippen LogP contribution in [-0.2, 0) is 6.54 Å². The van der Waals surface area contributed by atoms with Gasteiger partial charge in [0.05, 0.1) is 11.9 Å². The van der Waals surface area contributed by atoms with Gasteiger partial charge in [0.15, 0.2) is 0 Å². The first-order valence-corrected chi connectivity index (χ1v) is 6.42. The number of aromatic nitrogens is 2. The van der Waals surface area contributed by atoms with Crippen molar-refractivity contribution in [1.82, 2.24) is 9.78 Å². The minimum atomic E-state index is -0.0728. The van der Waals surface area contributed by atoms with E-state index in [0.29, 0.717) is 11.0 Å². The molecule has 0 radical (unpaired) electrons. The second-order valence-electron chi connectivity index (χ2n) is 4.35. The van der Waals surface area contributed by atoms with E-state index in [4.69, 9.17) is 0 Å². The molecule has 16 heavy (non-hydrogen) atoms. The molecule has 4 nitrogen and oxygen atoms in total.